The van der Waals surface area contributed by atoms with Crippen LogP contribution in [0.4, 0.5) is 0 Å². The van der Waals surface area contributed by atoms with Crippen LogP contribution in [0.3, 0.4) is 0 Å². The second kappa shape index (κ2) is 5.29. The number of hydrogen-bond acceptors (Lipinski definition) is 4. The zero-order valence-electron chi connectivity index (χ0n) is 11.8. The molecule has 3 aromatic rings. The SMILES string of the molecule is CCC(c1nccs1)n1c(C)nc2c(C(=O)O)cccc21. The third-order valence-electron chi connectivity index (χ3n) is 3.56. The number of aryl methyl sites for hydroxylation is 1. The number of nitrogens with zero attached hydrogens (tertiary/aromatic N) is 3. The van der Waals surface area contributed by atoms with Crippen molar-refractivity contribution >= 4 is 28.3 Å². The first-order valence-corrected chi connectivity index (χ1v) is 7.61. The van der Waals surface area contributed by atoms with Crippen LogP contribution in [-0.2, 0) is 0 Å². The minimum atomic E-state index is -0.951. The molecule has 1 atom stereocenters. The molecule has 3 rings (SSSR count). The largest absolute Gasteiger partial charge is 0.478 e. The number of imidazole rings is 1. The lowest BCUT2D eigenvalue weighted by Crippen LogP contribution is -2.11. The van der Waals surface area contributed by atoms with Gasteiger partial charge in [-0.2, -0.15) is 0 Å². The summed E-state index contributed by atoms with van der Waals surface area (Å²) < 4.78 is 2.08. The fourth-order valence-electron chi connectivity index (χ4n) is 2.67. The van der Waals surface area contributed by atoms with E-state index in [1.165, 1.54) is 0 Å². The number of para-hydroxylation sites is 1. The molecule has 21 heavy (non-hydrogen) atoms. The maximum absolute atomic E-state index is 11.3. The van der Waals surface area contributed by atoms with Crippen LogP contribution in [0.2, 0.25) is 0 Å². The highest BCUT2D eigenvalue weighted by molar-refractivity contribution is 7.09. The molecular weight excluding hydrogens is 286 g/mol. The van der Waals surface area contributed by atoms with Crippen LogP contribution in [-0.4, -0.2) is 25.6 Å². The lowest BCUT2D eigenvalue weighted by molar-refractivity contribution is 0.0699. The average molecular weight is 301 g/mol. The molecule has 0 fully saturated rings. The van der Waals surface area contributed by atoms with Gasteiger partial charge in [0.05, 0.1) is 17.1 Å². The molecule has 1 unspecified atom stereocenters. The lowest BCUT2D eigenvalue weighted by Gasteiger charge is -2.17. The smallest absolute Gasteiger partial charge is 0.337 e. The van der Waals surface area contributed by atoms with Gasteiger partial charge in [-0.25, -0.2) is 14.8 Å². The third kappa shape index (κ3) is 2.21. The second-order valence-electron chi connectivity index (χ2n) is 4.80. The van der Waals surface area contributed by atoms with Crippen LogP contribution in [0.15, 0.2) is 29.8 Å². The van der Waals surface area contributed by atoms with Gasteiger partial charge in [-0.15, -0.1) is 11.3 Å². The van der Waals surface area contributed by atoms with Crippen molar-refractivity contribution in [2.24, 2.45) is 0 Å². The van der Waals surface area contributed by atoms with E-state index in [0.29, 0.717) is 5.52 Å². The van der Waals surface area contributed by atoms with Crippen molar-refractivity contribution in [2.75, 3.05) is 0 Å². The summed E-state index contributed by atoms with van der Waals surface area (Å²) in [6.45, 7) is 4.00. The number of benzene rings is 1. The Kier molecular flexibility index (Phi) is 3.47. The summed E-state index contributed by atoms with van der Waals surface area (Å²) >= 11 is 1.61. The highest BCUT2D eigenvalue weighted by Crippen LogP contribution is 2.30. The van der Waals surface area contributed by atoms with Crippen LogP contribution >= 0.6 is 11.3 Å². The summed E-state index contributed by atoms with van der Waals surface area (Å²) in [7, 11) is 0. The monoisotopic (exact) mass is 301 g/mol. The predicted molar refractivity (Wildman–Crippen MR) is 82.0 cm³/mol. The quantitative estimate of drug-likeness (QED) is 0.801. The molecule has 5 nitrogen and oxygen atoms in total. The summed E-state index contributed by atoms with van der Waals surface area (Å²) in [5.41, 5.74) is 1.62. The summed E-state index contributed by atoms with van der Waals surface area (Å²) in [4.78, 5) is 20.2. The van der Waals surface area contributed by atoms with Gasteiger partial charge >= 0.3 is 5.97 Å². The first-order chi connectivity index (χ1) is 10.1. The molecule has 0 aliphatic carbocycles. The van der Waals surface area contributed by atoms with Gasteiger partial charge < -0.3 is 9.67 Å². The minimum absolute atomic E-state index is 0.0824. The van der Waals surface area contributed by atoms with Gasteiger partial charge in [0.25, 0.3) is 0 Å². The second-order valence-corrected chi connectivity index (χ2v) is 5.73. The van der Waals surface area contributed by atoms with Crippen molar-refractivity contribution in [3.63, 3.8) is 0 Å². The van der Waals surface area contributed by atoms with E-state index in [1.807, 2.05) is 18.4 Å². The number of carboxylic acid groups (broad SMARTS) is 1. The van der Waals surface area contributed by atoms with E-state index < -0.39 is 5.97 Å². The van der Waals surface area contributed by atoms with E-state index in [-0.39, 0.29) is 11.6 Å². The normalized spacial score (nSPS) is 12.7. The molecule has 2 aromatic heterocycles. The van der Waals surface area contributed by atoms with E-state index in [0.717, 1.165) is 22.8 Å². The lowest BCUT2D eigenvalue weighted by atomic mass is 10.1. The van der Waals surface area contributed by atoms with Gasteiger partial charge in [0.15, 0.2) is 0 Å². The number of rotatable bonds is 4. The summed E-state index contributed by atoms with van der Waals surface area (Å²) in [6, 6.07) is 5.35. The Morgan fingerprint density at radius 2 is 2.29 bits per heavy atom. The highest BCUT2D eigenvalue weighted by Gasteiger charge is 2.21. The summed E-state index contributed by atoms with van der Waals surface area (Å²) in [6.07, 6.45) is 2.66. The number of hydrogen-bond donors (Lipinski definition) is 1. The van der Waals surface area contributed by atoms with Gasteiger partial charge in [0, 0.05) is 11.6 Å². The molecule has 0 radical (unpaired) electrons. The van der Waals surface area contributed by atoms with Crippen molar-refractivity contribution in [3.8, 4) is 0 Å². The Morgan fingerprint density at radius 1 is 1.48 bits per heavy atom. The van der Waals surface area contributed by atoms with Crippen molar-refractivity contribution in [1.29, 1.82) is 0 Å². The molecule has 6 heteroatoms. The zero-order chi connectivity index (χ0) is 15.0. The van der Waals surface area contributed by atoms with Crippen LogP contribution < -0.4 is 0 Å². The molecule has 0 bridgehead atoms. The predicted octanol–water partition coefficient (Wildman–Crippen LogP) is 3.50. The Labute approximate surface area is 125 Å². The zero-order valence-corrected chi connectivity index (χ0v) is 12.6. The minimum Gasteiger partial charge on any atom is -0.478 e. The molecule has 2 heterocycles. The summed E-state index contributed by atoms with van der Waals surface area (Å²) in [5.74, 6) is -0.145. The molecule has 0 saturated heterocycles. The van der Waals surface area contributed by atoms with Crippen LogP contribution in [0.5, 0.6) is 0 Å². The number of carbonyl (C=O) groups is 1. The summed E-state index contributed by atoms with van der Waals surface area (Å²) in [5, 5.41) is 12.3. The van der Waals surface area contributed by atoms with E-state index in [4.69, 9.17) is 0 Å². The average Bonchev–Trinajstić information content (AvgIpc) is 3.08. The van der Waals surface area contributed by atoms with E-state index in [1.54, 1.807) is 29.7 Å². The standard InChI is InChI=1S/C15H15N3O2S/c1-3-11(14-16-7-8-21-14)18-9(2)17-13-10(15(19)20)5-4-6-12(13)18/h4-8,11H,3H2,1-2H3,(H,19,20). The number of carboxylic acids is 1. The van der Waals surface area contributed by atoms with Gasteiger partial charge in [-0.1, -0.05) is 13.0 Å². The molecule has 1 N–H and O–H groups in total. The molecule has 0 aliphatic heterocycles. The third-order valence-corrected chi connectivity index (χ3v) is 4.44. The first-order valence-electron chi connectivity index (χ1n) is 6.73. The van der Waals surface area contributed by atoms with Crippen molar-refractivity contribution in [2.45, 2.75) is 26.3 Å². The molecule has 1 aromatic carbocycles. The Hall–Kier alpha value is -2.21. The van der Waals surface area contributed by atoms with Crippen molar-refractivity contribution in [1.82, 2.24) is 14.5 Å². The fraction of sp³-hybridized carbons (Fsp3) is 0.267. The number of fused-ring (bicyclic) bond motifs is 1. The molecular formula is C15H15N3O2S. The maximum Gasteiger partial charge on any atom is 0.337 e. The Bertz CT molecular complexity index is 793. The van der Waals surface area contributed by atoms with Crippen LogP contribution in [0.1, 0.15) is 40.6 Å². The first kappa shape index (κ1) is 13.8. The van der Waals surface area contributed by atoms with E-state index >= 15 is 0 Å². The number of aromatic nitrogens is 3. The molecule has 0 amide bonds. The van der Waals surface area contributed by atoms with Crippen LogP contribution in [0, 0.1) is 6.92 Å². The van der Waals surface area contributed by atoms with Gasteiger partial charge in [0.2, 0.25) is 0 Å². The van der Waals surface area contributed by atoms with Gasteiger partial charge in [-0.05, 0) is 25.5 Å². The van der Waals surface area contributed by atoms with Crippen molar-refractivity contribution < 1.29 is 9.90 Å². The molecule has 0 saturated carbocycles. The van der Waals surface area contributed by atoms with Gasteiger partial charge in [0.1, 0.15) is 16.3 Å². The maximum atomic E-state index is 11.3. The number of thiazole rings is 1. The topological polar surface area (TPSA) is 68.0 Å². The van der Waals surface area contributed by atoms with Crippen LogP contribution in [0.25, 0.3) is 11.0 Å². The molecule has 0 spiro atoms. The Balaban J connectivity index is 2.25. The highest BCUT2D eigenvalue weighted by atomic mass is 32.1. The number of aromatic carboxylic acids is 1. The van der Waals surface area contributed by atoms with Gasteiger partial charge in [-0.3, -0.25) is 0 Å². The molecule has 108 valence electrons. The molecule has 0 aliphatic rings. The van der Waals surface area contributed by atoms with E-state index in [2.05, 4.69) is 21.5 Å². The van der Waals surface area contributed by atoms with Crippen molar-refractivity contribution in [3.05, 3.63) is 46.2 Å². The van der Waals surface area contributed by atoms with E-state index in [9.17, 15) is 9.90 Å². The Morgan fingerprint density at radius 3 is 2.90 bits per heavy atom. The fourth-order valence-corrected chi connectivity index (χ4v) is 3.48.